The molecule has 2 heteroatoms. The Morgan fingerprint density at radius 1 is 1.11 bits per heavy atom. The van der Waals surface area contributed by atoms with E-state index in [4.69, 9.17) is 0 Å². The van der Waals surface area contributed by atoms with Gasteiger partial charge in [0.15, 0.2) is 5.78 Å². The Labute approximate surface area is 113 Å². The lowest BCUT2D eigenvalue weighted by Crippen LogP contribution is -2.17. The fourth-order valence-electron chi connectivity index (χ4n) is 3.14. The van der Waals surface area contributed by atoms with Gasteiger partial charge in [0.2, 0.25) is 0 Å². The molecule has 18 heavy (non-hydrogen) atoms. The van der Waals surface area contributed by atoms with Crippen molar-refractivity contribution < 1.29 is 4.79 Å². The molecule has 0 bridgehead atoms. The van der Waals surface area contributed by atoms with Crippen LogP contribution in [-0.4, -0.2) is 11.5 Å². The Balaban J connectivity index is 1.62. The summed E-state index contributed by atoms with van der Waals surface area (Å²) in [6.45, 7) is 0. The van der Waals surface area contributed by atoms with Gasteiger partial charge in [-0.15, -0.1) is 11.8 Å². The number of rotatable bonds is 3. The molecule has 2 atom stereocenters. The number of thioether (sulfide) groups is 1. The molecule has 1 nitrogen and oxygen atoms in total. The van der Waals surface area contributed by atoms with Crippen molar-refractivity contribution in [3.8, 4) is 0 Å². The van der Waals surface area contributed by atoms with Crippen LogP contribution in [0.5, 0.6) is 0 Å². The first kappa shape index (κ1) is 12.0. The summed E-state index contributed by atoms with van der Waals surface area (Å²) in [5.74, 6) is 3.01. The second-order valence-electron chi connectivity index (χ2n) is 5.25. The van der Waals surface area contributed by atoms with E-state index < -0.39 is 0 Å². The molecule has 0 aromatic heterocycles. The molecule has 0 amide bonds. The minimum atomic E-state index is 0.345. The summed E-state index contributed by atoms with van der Waals surface area (Å²) in [7, 11) is 0. The predicted molar refractivity (Wildman–Crippen MR) is 75.7 cm³/mol. The average molecular weight is 258 g/mol. The van der Waals surface area contributed by atoms with Gasteiger partial charge in [-0.25, -0.2) is 0 Å². The van der Waals surface area contributed by atoms with Gasteiger partial charge in [0.05, 0.1) is 0 Å². The molecule has 0 heterocycles. The van der Waals surface area contributed by atoms with E-state index in [1.807, 2.05) is 17.8 Å². The molecule has 0 aliphatic heterocycles. The zero-order chi connectivity index (χ0) is 12.4. The molecule has 2 aliphatic rings. The molecule has 0 saturated heterocycles. The standard InChI is InChI=1S/C16H18OS/c17-14-8-9-16-12(10-14)6-7-13(16)11-18-15-4-2-1-3-5-15/h1-5,10,13,16H,6-9,11H2. The molecule has 0 radical (unpaired) electrons. The van der Waals surface area contributed by atoms with Gasteiger partial charge in [-0.05, 0) is 49.3 Å². The van der Waals surface area contributed by atoms with Crippen molar-refractivity contribution in [3.63, 3.8) is 0 Å². The third-order valence-corrected chi connectivity index (χ3v) is 5.30. The minimum absolute atomic E-state index is 0.345. The SMILES string of the molecule is O=C1C=C2CCC(CSc3ccccc3)C2CC1. The molecule has 1 fully saturated rings. The van der Waals surface area contributed by atoms with E-state index in [0.29, 0.717) is 11.7 Å². The van der Waals surface area contributed by atoms with Crippen LogP contribution >= 0.6 is 11.8 Å². The first-order valence-corrected chi connectivity index (χ1v) is 7.72. The highest BCUT2D eigenvalue weighted by atomic mass is 32.2. The molecule has 3 rings (SSSR count). The normalized spacial score (nSPS) is 26.9. The lowest BCUT2D eigenvalue weighted by molar-refractivity contribution is -0.115. The van der Waals surface area contributed by atoms with Crippen molar-refractivity contribution in [1.29, 1.82) is 0 Å². The highest BCUT2D eigenvalue weighted by Crippen LogP contribution is 2.43. The van der Waals surface area contributed by atoms with Crippen molar-refractivity contribution in [2.75, 3.05) is 5.75 Å². The van der Waals surface area contributed by atoms with E-state index in [2.05, 4.69) is 30.3 Å². The largest absolute Gasteiger partial charge is 0.295 e. The third-order valence-electron chi connectivity index (χ3n) is 4.10. The lowest BCUT2D eigenvalue weighted by Gasteiger charge is -2.22. The molecular formula is C16H18OS. The molecule has 0 spiro atoms. The molecule has 2 aliphatic carbocycles. The second kappa shape index (κ2) is 5.31. The summed E-state index contributed by atoms with van der Waals surface area (Å²) >= 11 is 1.96. The first-order chi connectivity index (χ1) is 8.83. The van der Waals surface area contributed by atoms with E-state index in [-0.39, 0.29) is 0 Å². The molecule has 2 unspecified atom stereocenters. The number of benzene rings is 1. The van der Waals surface area contributed by atoms with Gasteiger partial charge >= 0.3 is 0 Å². The van der Waals surface area contributed by atoms with Gasteiger partial charge in [0.1, 0.15) is 0 Å². The number of allylic oxidation sites excluding steroid dienone is 2. The zero-order valence-electron chi connectivity index (χ0n) is 10.5. The summed E-state index contributed by atoms with van der Waals surface area (Å²) < 4.78 is 0. The fourth-order valence-corrected chi connectivity index (χ4v) is 4.29. The number of hydrogen-bond donors (Lipinski definition) is 0. The van der Waals surface area contributed by atoms with Crippen molar-refractivity contribution in [3.05, 3.63) is 42.0 Å². The second-order valence-corrected chi connectivity index (χ2v) is 6.35. The van der Waals surface area contributed by atoms with E-state index >= 15 is 0 Å². The lowest BCUT2D eigenvalue weighted by atomic mass is 9.85. The average Bonchev–Trinajstić information content (AvgIpc) is 2.80. The van der Waals surface area contributed by atoms with E-state index in [9.17, 15) is 4.79 Å². The van der Waals surface area contributed by atoms with Crippen molar-refractivity contribution >= 4 is 17.5 Å². The molecule has 1 aromatic rings. The van der Waals surface area contributed by atoms with Gasteiger partial charge in [-0.3, -0.25) is 4.79 Å². The van der Waals surface area contributed by atoms with Gasteiger partial charge in [-0.2, -0.15) is 0 Å². The van der Waals surface area contributed by atoms with Crippen LogP contribution in [0.2, 0.25) is 0 Å². The Morgan fingerprint density at radius 2 is 1.94 bits per heavy atom. The summed E-state index contributed by atoms with van der Waals surface area (Å²) in [6.07, 6.45) is 6.20. The van der Waals surface area contributed by atoms with Gasteiger partial charge in [0, 0.05) is 17.1 Å². The Bertz CT molecular complexity index is 463. The van der Waals surface area contributed by atoms with Crippen LogP contribution in [0.25, 0.3) is 0 Å². The number of carbonyl (C=O) groups excluding carboxylic acids is 1. The highest BCUT2D eigenvalue weighted by Gasteiger charge is 2.33. The quantitative estimate of drug-likeness (QED) is 0.759. The van der Waals surface area contributed by atoms with Crippen LogP contribution in [0.1, 0.15) is 25.7 Å². The highest BCUT2D eigenvalue weighted by molar-refractivity contribution is 7.99. The number of carbonyl (C=O) groups is 1. The molecular weight excluding hydrogens is 240 g/mol. The Hall–Kier alpha value is -1.02. The predicted octanol–water partition coefficient (Wildman–Crippen LogP) is 4.09. The summed E-state index contributed by atoms with van der Waals surface area (Å²) in [5.41, 5.74) is 1.44. The van der Waals surface area contributed by atoms with E-state index in [1.165, 1.54) is 22.6 Å². The van der Waals surface area contributed by atoms with Crippen LogP contribution in [0.4, 0.5) is 0 Å². The fraction of sp³-hybridized carbons (Fsp3) is 0.438. The maximum atomic E-state index is 11.4. The van der Waals surface area contributed by atoms with Gasteiger partial charge in [-0.1, -0.05) is 23.8 Å². The van der Waals surface area contributed by atoms with Crippen molar-refractivity contribution in [2.45, 2.75) is 30.6 Å². The Kier molecular flexibility index (Phi) is 3.55. The topological polar surface area (TPSA) is 17.1 Å². The van der Waals surface area contributed by atoms with Crippen molar-refractivity contribution in [2.24, 2.45) is 11.8 Å². The summed E-state index contributed by atoms with van der Waals surface area (Å²) in [4.78, 5) is 12.8. The zero-order valence-corrected chi connectivity index (χ0v) is 11.3. The van der Waals surface area contributed by atoms with Crippen LogP contribution in [0.15, 0.2) is 46.9 Å². The molecule has 1 aromatic carbocycles. The van der Waals surface area contributed by atoms with Crippen LogP contribution in [0.3, 0.4) is 0 Å². The minimum Gasteiger partial charge on any atom is -0.295 e. The molecule has 0 N–H and O–H groups in total. The van der Waals surface area contributed by atoms with E-state index in [1.54, 1.807) is 0 Å². The maximum Gasteiger partial charge on any atom is 0.155 e. The van der Waals surface area contributed by atoms with Gasteiger partial charge < -0.3 is 0 Å². The summed E-state index contributed by atoms with van der Waals surface area (Å²) in [6, 6.07) is 10.6. The Morgan fingerprint density at radius 3 is 2.78 bits per heavy atom. The van der Waals surface area contributed by atoms with Crippen LogP contribution in [0, 0.1) is 11.8 Å². The number of hydrogen-bond acceptors (Lipinski definition) is 2. The summed E-state index contributed by atoms with van der Waals surface area (Å²) in [5, 5.41) is 0. The molecule has 94 valence electrons. The first-order valence-electron chi connectivity index (χ1n) is 6.74. The van der Waals surface area contributed by atoms with Gasteiger partial charge in [0.25, 0.3) is 0 Å². The number of ketones is 1. The number of fused-ring (bicyclic) bond motifs is 1. The smallest absolute Gasteiger partial charge is 0.155 e. The molecule has 1 saturated carbocycles. The van der Waals surface area contributed by atoms with E-state index in [0.717, 1.165) is 25.2 Å². The monoisotopic (exact) mass is 258 g/mol. The third kappa shape index (κ3) is 2.54. The van der Waals surface area contributed by atoms with Crippen LogP contribution in [-0.2, 0) is 4.79 Å². The van der Waals surface area contributed by atoms with Crippen LogP contribution < -0.4 is 0 Å². The maximum absolute atomic E-state index is 11.4. The van der Waals surface area contributed by atoms with Crippen molar-refractivity contribution in [1.82, 2.24) is 0 Å².